The molecule has 0 radical (unpaired) electrons. The summed E-state index contributed by atoms with van der Waals surface area (Å²) in [6.45, 7) is 4.09. The molecule has 1 atom stereocenters. The Morgan fingerprint density at radius 3 is 1.22 bits per heavy atom. The zero-order chi connectivity index (χ0) is 26.5. The fourth-order valence-electron chi connectivity index (χ4n) is 4.49. The number of unbranched alkanes of at least 4 members (excludes halogenated alkanes) is 20. The molecule has 0 aromatic carbocycles. The van der Waals surface area contributed by atoms with Gasteiger partial charge in [0.15, 0.2) is 6.10 Å². The first-order valence-corrected chi connectivity index (χ1v) is 15.6. The summed E-state index contributed by atoms with van der Waals surface area (Å²) < 4.78 is 10.5. The number of aliphatic hydroxyl groups is 1. The van der Waals surface area contributed by atoms with Gasteiger partial charge in [0.2, 0.25) is 0 Å². The molecule has 0 heterocycles. The fourth-order valence-corrected chi connectivity index (χ4v) is 4.49. The lowest BCUT2D eigenvalue weighted by molar-refractivity contribution is -0.161. The van der Waals surface area contributed by atoms with Gasteiger partial charge < -0.3 is 14.6 Å². The third-order valence-corrected chi connectivity index (χ3v) is 6.90. The lowest BCUT2D eigenvalue weighted by Crippen LogP contribution is -2.28. The Morgan fingerprint density at radius 2 is 0.861 bits per heavy atom. The molecule has 0 fully saturated rings. The second-order valence-corrected chi connectivity index (χ2v) is 10.5. The van der Waals surface area contributed by atoms with E-state index in [1.54, 1.807) is 0 Å². The molecule has 0 amide bonds. The summed E-state index contributed by atoms with van der Waals surface area (Å²) in [4.78, 5) is 23.9. The molecule has 1 N–H and O–H groups in total. The smallest absolute Gasteiger partial charge is 0.306 e. The number of aliphatic hydroxyl groups excluding tert-OH is 1. The fraction of sp³-hybridized carbons (Fsp3) is 0.935. The molecule has 5 heteroatoms. The summed E-state index contributed by atoms with van der Waals surface area (Å²) in [5, 5.41) is 9.44. The molecular weight excluding hydrogens is 452 g/mol. The molecular formula is C31H60O5. The van der Waals surface area contributed by atoms with E-state index in [0.29, 0.717) is 12.8 Å². The SMILES string of the molecule is CCCCCCCCCCCCCCCCCC(=O)O[C@@H](CO)COC(=O)CCCCCCCCC. The standard InChI is InChI=1S/C31H60O5/c1-3-5-7-9-11-12-13-14-15-16-17-18-20-22-24-26-31(34)36-29(27-32)28-35-30(33)25-23-21-19-10-8-6-4-2/h29,32H,3-28H2,1-2H3/t29-/m0/s1. The summed E-state index contributed by atoms with van der Waals surface area (Å²) in [7, 11) is 0. The predicted molar refractivity (Wildman–Crippen MR) is 150 cm³/mol. The van der Waals surface area contributed by atoms with Crippen molar-refractivity contribution in [2.45, 2.75) is 174 Å². The second-order valence-electron chi connectivity index (χ2n) is 10.5. The van der Waals surface area contributed by atoms with Crippen LogP contribution in [0.25, 0.3) is 0 Å². The Balaban J connectivity index is 3.52. The molecule has 0 spiro atoms. The number of hydrogen-bond acceptors (Lipinski definition) is 5. The van der Waals surface area contributed by atoms with Crippen LogP contribution in [0.1, 0.15) is 168 Å². The van der Waals surface area contributed by atoms with Gasteiger partial charge in [0.25, 0.3) is 0 Å². The van der Waals surface area contributed by atoms with Crippen molar-refractivity contribution in [3.8, 4) is 0 Å². The lowest BCUT2D eigenvalue weighted by atomic mass is 10.0. The Morgan fingerprint density at radius 1 is 0.528 bits per heavy atom. The maximum absolute atomic E-state index is 12.0. The number of ether oxygens (including phenoxy) is 2. The van der Waals surface area contributed by atoms with Crippen LogP contribution in [0.4, 0.5) is 0 Å². The van der Waals surface area contributed by atoms with Crippen molar-refractivity contribution in [2.75, 3.05) is 13.2 Å². The van der Waals surface area contributed by atoms with Crippen LogP contribution in [0.3, 0.4) is 0 Å². The van der Waals surface area contributed by atoms with Crippen LogP contribution in [0, 0.1) is 0 Å². The van der Waals surface area contributed by atoms with Crippen molar-refractivity contribution >= 4 is 11.9 Å². The van der Waals surface area contributed by atoms with Crippen molar-refractivity contribution in [1.82, 2.24) is 0 Å². The first kappa shape index (κ1) is 34.9. The average molecular weight is 513 g/mol. The van der Waals surface area contributed by atoms with Gasteiger partial charge >= 0.3 is 11.9 Å². The van der Waals surface area contributed by atoms with Gasteiger partial charge in [-0.1, -0.05) is 142 Å². The molecule has 36 heavy (non-hydrogen) atoms. The largest absolute Gasteiger partial charge is 0.462 e. The molecule has 0 aromatic heterocycles. The van der Waals surface area contributed by atoms with E-state index < -0.39 is 6.10 Å². The van der Waals surface area contributed by atoms with E-state index in [2.05, 4.69) is 13.8 Å². The second kappa shape index (κ2) is 28.5. The molecule has 214 valence electrons. The summed E-state index contributed by atoms with van der Waals surface area (Å²) in [5.41, 5.74) is 0. The average Bonchev–Trinajstić information content (AvgIpc) is 2.88. The van der Waals surface area contributed by atoms with Gasteiger partial charge in [-0.2, -0.15) is 0 Å². The van der Waals surface area contributed by atoms with E-state index in [1.807, 2.05) is 0 Å². The van der Waals surface area contributed by atoms with Crippen LogP contribution >= 0.6 is 0 Å². The molecule has 0 saturated carbocycles. The van der Waals surface area contributed by atoms with Crippen molar-refractivity contribution in [3.05, 3.63) is 0 Å². The zero-order valence-corrected chi connectivity index (χ0v) is 24.0. The highest BCUT2D eigenvalue weighted by Gasteiger charge is 2.16. The summed E-state index contributed by atoms with van der Waals surface area (Å²) >= 11 is 0. The lowest BCUT2D eigenvalue weighted by Gasteiger charge is -2.15. The highest BCUT2D eigenvalue weighted by Crippen LogP contribution is 2.14. The first-order chi connectivity index (χ1) is 17.6. The van der Waals surface area contributed by atoms with Crippen molar-refractivity contribution in [2.24, 2.45) is 0 Å². The molecule has 0 rings (SSSR count). The molecule has 0 unspecified atom stereocenters. The van der Waals surface area contributed by atoms with Crippen molar-refractivity contribution in [1.29, 1.82) is 0 Å². The molecule has 0 saturated heterocycles. The number of carbonyl (C=O) groups excluding carboxylic acids is 2. The van der Waals surface area contributed by atoms with Crippen LogP contribution in [0.15, 0.2) is 0 Å². The Kier molecular flexibility index (Phi) is 27.6. The molecule has 0 bridgehead atoms. The highest BCUT2D eigenvalue weighted by atomic mass is 16.6. The molecule has 0 aliphatic carbocycles. The Hall–Kier alpha value is -1.10. The van der Waals surface area contributed by atoms with E-state index in [1.165, 1.54) is 103 Å². The van der Waals surface area contributed by atoms with E-state index in [0.717, 1.165) is 38.5 Å². The van der Waals surface area contributed by atoms with Gasteiger partial charge in [-0.25, -0.2) is 0 Å². The molecule has 5 nitrogen and oxygen atoms in total. The minimum Gasteiger partial charge on any atom is -0.462 e. The van der Waals surface area contributed by atoms with Crippen LogP contribution in [-0.4, -0.2) is 36.4 Å². The number of rotatable bonds is 28. The van der Waals surface area contributed by atoms with Gasteiger partial charge in [-0.3, -0.25) is 9.59 Å². The topological polar surface area (TPSA) is 72.8 Å². The third-order valence-electron chi connectivity index (χ3n) is 6.90. The molecule has 0 aliphatic heterocycles. The van der Waals surface area contributed by atoms with Crippen LogP contribution in [0.5, 0.6) is 0 Å². The summed E-state index contributed by atoms with van der Waals surface area (Å²) in [6, 6.07) is 0. The maximum Gasteiger partial charge on any atom is 0.306 e. The number of hydrogen-bond donors (Lipinski definition) is 1. The quantitative estimate of drug-likeness (QED) is 0.0837. The monoisotopic (exact) mass is 512 g/mol. The summed E-state index contributed by atoms with van der Waals surface area (Å²) in [5.74, 6) is -0.590. The molecule has 0 aromatic rings. The number of esters is 2. The van der Waals surface area contributed by atoms with E-state index in [9.17, 15) is 14.7 Å². The molecule has 0 aliphatic rings. The zero-order valence-electron chi connectivity index (χ0n) is 24.0. The van der Waals surface area contributed by atoms with Crippen molar-refractivity contribution in [3.63, 3.8) is 0 Å². The van der Waals surface area contributed by atoms with Gasteiger partial charge in [0, 0.05) is 12.8 Å². The van der Waals surface area contributed by atoms with Crippen LogP contribution < -0.4 is 0 Å². The van der Waals surface area contributed by atoms with E-state index in [-0.39, 0.29) is 25.2 Å². The van der Waals surface area contributed by atoms with Crippen LogP contribution in [0.2, 0.25) is 0 Å². The Labute approximate surface area is 223 Å². The van der Waals surface area contributed by atoms with Gasteiger partial charge in [0.05, 0.1) is 6.61 Å². The van der Waals surface area contributed by atoms with Gasteiger partial charge in [-0.15, -0.1) is 0 Å². The Bertz CT molecular complexity index is 480. The van der Waals surface area contributed by atoms with Gasteiger partial charge in [-0.05, 0) is 12.8 Å². The maximum atomic E-state index is 12.0. The minimum atomic E-state index is -0.758. The highest BCUT2D eigenvalue weighted by molar-refractivity contribution is 5.70. The third kappa shape index (κ3) is 26.0. The van der Waals surface area contributed by atoms with Crippen molar-refractivity contribution < 1.29 is 24.2 Å². The van der Waals surface area contributed by atoms with E-state index >= 15 is 0 Å². The normalized spacial score (nSPS) is 12.0. The minimum absolute atomic E-state index is 0.0591. The van der Waals surface area contributed by atoms with Gasteiger partial charge in [0.1, 0.15) is 6.61 Å². The summed E-state index contributed by atoms with van der Waals surface area (Å²) in [6.07, 6.45) is 27.3. The van der Waals surface area contributed by atoms with E-state index in [4.69, 9.17) is 9.47 Å². The van der Waals surface area contributed by atoms with Crippen LogP contribution in [-0.2, 0) is 19.1 Å². The first-order valence-electron chi connectivity index (χ1n) is 15.6. The predicted octanol–water partition coefficient (Wildman–Crippen LogP) is 8.84. The number of carbonyl (C=O) groups is 2.